The van der Waals surface area contributed by atoms with Gasteiger partial charge in [0.1, 0.15) is 29.8 Å². The summed E-state index contributed by atoms with van der Waals surface area (Å²) in [6.45, 7) is 1.65. The molecule has 8 nitrogen and oxygen atoms in total. The van der Waals surface area contributed by atoms with E-state index in [0.717, 1.165) is 21.6 Å². The number of hydrogen-bond acceptors (Lipinski definition) is 6. The van der Waals surface area contributed by atoms with Crippen LogP contribution in [-0.4, -0.2) is 56.2 Å². The van der Waals surface area contributed by atoms with Crippen molar-refractivity contribution in [3.05, 3.63) is 83.1 Å². The molecule has 42 heavy (non-hydrogen) atoms. The molecule has 4 heterocycles. The molecular weight excluding hydrogens is 571 g/mol. The van der Waals surface area contributed by atoms with E-state index in [4.69, 9.17) is 0 Å². The third-order valence-corrected chi connectivity index (χ3v) is 6.91. The Morgan fingerprint density at radius 1 is 0.905 bits per heavy atom. The second kappa shape index (κ2) is 11.1. The second-order valence-corrected chi connectivity index (χ2v) is 9.68. The molecule has 1 aliphatic rings. The van der Waals surface area contributed by atoms with Crippen molar-refractivity contribution in [2.24, 2.45) is 0 Å². The fourth-order valence-corrected chi connectivity index (χ4v) is 4.76. The summed E-state index contributed by atoms with van der Waals surface area (Å²) in [5.41, 5.74) is -0.635. The summed E-state index contributed by atoms with van der Waals surface area (Å²) in [5, 5.41) is 3.97. The minimum Gasteiger partial charge on any atom is -0.352 e. The quantitative estimate of drug-likeness (QED) is 0.281. The normalized spacial score (nSPS) is 16.2. The van der Waals surface area contributed by atoms with Gasteiger partial charge in [-0.25, -0.2) is 28.4 Å². The molecule has 0 spiro atoms. The van der Waals surface area contributed by atoms with E-state index >= 15 is 0 Å². The topological polar surface area (TPSA) is 72.1 Å². The number of piperazine rings is 1. The van der Waals surface area contributed by atoms with Crippen LogP contribution in [0.4, 0.5) is 42.4 Å². The molecule has 0 N–H and O–H groups in total. The standard InChI is InChI=1S/C27H24F7N7O/c1-2-9-41-25(42)40(16-37-41)21-6-3-17(12-20(21)28)18-4-7-24(35-13-18)39-11-10-38(15-22(39)27(32,33)34)23-8-5-19(14-36-23)26(29,30)31/h3-8,12-14,16,22H,2,9-11,15H2,1H3. The van der Waals surface area contributed by atoms with Gasteiger partial charge in [0.05, 0.1) is 11.3 Å². The minimum absolute atomic E-state index is 0.00380. The first-order valence-corrected chi connectivity index (χ1v) is 12.9. The average Bonchev–Trinajstić information content (AvgIpc) is 3.31. The lowest BCUT2D eigenvalue weighted by Gasteiger charge is -2.43. The number of aryl methyl sites for hydroxylation is 1. The van der Waals surface area contributed by atoms with E-state index in [9.17, 15) is 35.5 Å². The number of rotatable bonds is 6. The Morgan fingerprint density at radius 2 is 1.62 bits per heavy atom. The zero-order valence-electron chi connectivity index (χ0n) is 22.1. The van der Waals surface area contributed by atoms with Gasteiger partial charge in [-0.1, -0.05) is 13.0 Å². The van der Waals surface area contributed by atoms with Crippen LogP contribution in [0.25, 0.3) is 16.8 Å². The van der Waals surface area contributed by atoms with Crippen molar-refractivity contribution in [2.75, 3.05) is 29.4 Å². The van der Waals surface area contributed by atoms with E-state index in [-0.39, 0.29) is 30.4 Å². The number of anilines is 2. The van der Waals surface area contributed by atoms with E-state index in [0.29, 0.717) is 30.3 Å². The van der Waals surface area contributed by atoms with Gasteiger partial charge in [-0.3, -0.25) is 0 Å². The van der Waals surface area contributed by atoms with Gasteiger partial charge >= 0.3 is 18.0 Å². The summed E-state index contributed by atoms with van der Waals surface area (Å²) >= 11 is 0. The van der Waals surface area contributed by atoms with Crippen molar-refractivity contribution in [3.63, 3.8) is 0 Å². The van der Waals surface area contributed by atoms with Crippen molar-refractivity contribution >= 4 is 11.6 Å². The summed E-state index contributed by atoms with van der Waals surface area (Å²) in [4.78, 5) is 22.7. The molecule has 1 aromatic carbocycles. The number of nitrogens with zero attached hydrogens (tertiary/aromatic N) is 7. The molecule has 0 bridgehead atoms. The highest BCUT2D eigenvalue weighted by Gasteiger charge is 2.47. The number of benzene rings is 1. The lowest BCUT2D eigenvalue weighted by molar-refractivity contribution is -0.148. The zero-order chi connectivity index (χ0) is 30.2. The molecule has 0 aliphatic carbocycles. The molecular formula is C27H24F7N7O. The first-order valence-electron chi connectivity index (χ1n) is 12.9. The molecule has 1 atom stereocenters. The van der Waals surface area contributed by atoms with Crippen LogP contribution in [-0.2, 0) is 12.7 Å². The lowest BCUT2D eigenvalue weighted by atomic mass is 10.1. The molecule has 1 unspecified atom stereocenters. The minimum atomic E-state index is -4.67. The smallest absolute Gasteiger partial charge is 0.352 e. The van der Waals surface area contributed by atoms with Gasteiger partial charge in [0.2, 0.25) is 0 Å². The Morgan fingerprint density at radius 3 is 2.21 bits per heavy atom. The number of aromatic nitrogens is 5. The molecule has 1 saturated heterocycles. The van der Waals surface area contributed by atoms with Gasteiger partial charge in [0.15, 0.2) is 0 Å². The monoisotopic (exact) mass is 595 g/mol. The first-order chi connectivity index (χ1) is 19.9. The highest BCUT2D eigenvalue weighted by molar-refractivity contribution is 5.65. The molecule has 3 aromatic heterocycles. The molecule has 0 radical (unpaired) electrons. The summed E-state index contributed by atoms with van der Waals surface area (Å²) in [6, 6.07) is 6.91. The molecule has 222 valence electrons. The van der Waals surface area contributed by atoms with Crippen molar-refractivity contribution < 1.29 is 30.7 Å². The molecule has 1 fully saturated rings. The maximum Gasteiger partial charge on any atom is 0.417 e. The third kappa shape index (κ3) is 5.81. The Kier molecular flexibility index (Phi) is 7.68. The summed E-state index contributed by atoms with van der Waals surface area (Å²) in [5.74, 6) is -0.654. The van der Waals surface area contributed by atoms with E-state index in [2.05, 4.69) is 15.1 Å². The molecule has 15 heteroatoms. The number of alkyl halides is 6. The van der Waals surface area contributed by atoms with Crippen LogP contribution >= 0.6 is 0 Å². The fourth-order valence-electron chi connectivity index (χ4n) is 4.76. The highest BCUT2D eigenvalue weighted by Crippen LogP contribution is 2.34. The molecule has 0 amide bonds. The predicted molar refractivity (Wildman–Crippen MR) is 140 cm³/mol. The van der Waals surface area contributed by atoms with Gasteiger partial charge in [-0.15, -0.1) is 0 Å². The van der Waals surface area contributed by atoms with Crippen LogP contribution in [0.1, 0.15) is 18.9 Å². The number of halogens is 7. The van der Waals surface area contributed by atoms with E-state index in [1.54, 1.807) is 6.07 Å². The van der Waals surface area contributed by atoms with Gasteiger partial charge in [-0.2, -0.15) is 31.4 Å². The van der Waals surface area contributed by atoms with Crippen molar-refractivity contribution in [1.29, 1.82) is 0 Å². The van der Waals surface area contributed by atoms with Crippen LogP contribution in [0, 0.1) is 5.82 Å². The van der Waals surface area contributed by atoms with Gasteiger partial charge < -0.3 is 9.80 Å². The highest BCUT2D eigenvalue weighted by atomic mass is 19.4. The number of hydrogen-bond donors (Lipinski definition) is 0. The van der Waals surface area contributed by atoms with E-state index < -0.39 is 42.0 Å². The second-order valence-electron chi connectivity index (χ2n) is 9.68. The summed E-state index contributed by atoms with van der Waals surface area (Å²) in [6.07, 6.45) is -5.45. The van der Waals surface area contributed by atoms with E-state index in [1.165, 1.54) is 46.4 Å². The Bertz CT molecular complexity index is 1600. The Balaban J connectivity index is 1.34. The third-order valence-electron chi connectivity index (χ3n) is 6.91. The fraction of sp³-hybridized carbons (Fsp3) is 0.333. The summed E-state index contributed by atoms with van der Waals surface area (Å²) < 4.78 is 98.1. The average molecular weight is 596 g/mol. The van der Waals surface area contributed by atoms with Crippen LogP contribution < -0.4 is 15.5 Å². The maximum absolute atomic E-state index is 15.0. The van der Waals surface area contributed by atoms with Crippen molar-refractivity contribution in [3.8, 4) is 16.8 Å². The van der Waals surface area contributed by atoms with Crippen LogP contribution in [0.5, 0.6) is 0 Å². The predicted octanol–water partition coefficient (Wildman–Crippen LogP) is 5.32. The van der Waals surface area contributed by atoms with E-state index in [1.807, 2.05) is 6.92 Å². The maximum atomic E-state index is 15.0. The molecule has 4 aromatic rings. The molecule has 1 aliphatic heterocycles. The molecule has 5 rings (SSSR count). The number of pyridine rings is 2. The van der Waals surface area contributed by atoms with Gasteiger partial charge in [0, 0.05) is 44.1 Å². The van der Waals surface area contributed by atoms with Crippen molar-refractivity contribution in [1.82, 2.24) is 24.3 Å². The van der Waals surface area contributed by atoms with Crippen LogP contribution in [0.3, 0.4) is 0 Å². The largest absolute Gasteiger partial charge is 0.417 e. The van der Waals surface area contributed by atoms with Crippen molar-refractivity contribution in [2.45, 2.75) is 38.3 Å². The van der Waals surface area contributed by atoms with Gasteiger partial charge in [-0.05, 0) is 48.4 Å². The van der Waals surface area contributed by atoms with Crippen LogP contribution in [0.15, 0.2) is 66.0 Å². The Hall–Kier alpha value is -4.43. The first kappa shape index (κ1) is 29.1. The zero-order valence-corrected chi connectivity index (χ0v) is 22.1. The Labute approximate surface area is 234 Å². The van der Waals surface area contributed by atoms with Crippen LogP contribution in [0.2, 0.25) is 0 Å². The molecule has 0 saturated carbocycles. The SMILES string of the molecule is CCCn1ncn(-c2ccc(-c3ccc(N4CCN(c5ccc(C(F)(F)F)cn5)CC4C(F)(F)F)nc3)cc2F)c1=O. The summed E-state index contributed by atoms with van der Waals surface area (Å²) in [7, 11) is 0. The lowest BCUT2D eigenvalue weighted by Crippen LogP contribution is -2.59. The van der Waals surface area contributed by atoms with Gasteiger partial charge in [0.25, 0.3) is 0 Å².